The summed E-state index contributed by atoms with van der Waals surface area (Å²) in [5.74, 6) is 0.0267. The molecule has 0 aliphatic heterocycles. The van der Waals surface area contributed by atoms with Gasteiger partial charge in [-0.2, -0.15) is 0 Å². The van der Waals surface area contributed by atoms with Gasteiger partial charge in [-0.25, -0.2) is 14.4 Å². The first-order valence-corrected chi connectivity index (χ1v) is 9.90. The predicted octanol–water partition coefficient (Wildman–Crippen LogP) is 4.26. The fourth-order valence-corrected chi connectivity index (χ4v) is 4.32. The Hall–Kier alpha value is -2.84. The van der Waals surface area contributed by atoms with Crippen molar-refractivity contribution in [1.29, 1.82) is 0 Å². The van der Waals surface area contributed by atoms with Crippen LogP contribution in [0.5, 0.6) is 0 Å². The van der Waals surface area contributed by atoms with Gasteiger partial charge in [-0.05, 0) is 29.1 Å². The van der Waals surface area contributed by atoms with Crippen molar-refractivity contribution in [3.8, 4) is 9.88 Å². The van der Waals surface area contributed by atoms with Crippen molar-refractivity contribution in [2.75, 3.05) is 0 Å². The SMILES string of the molecule is Cn1ccnc1C(NC(=O)c1csc(-c2cccs2)n1)c1ccc(F)cc1. The van der Waals surface area contributed by atoms with E-state index >= 15 is 0 Å². The number of carbonyl (C=O) groups excluding carboxylic acids is 1. The second kappa shape index (κ2) is 7.42. The summed E-state index contributed by atoms with van der Waals surface area (Å²) in [7, 11) is 1.85. The number of hydrogen-bond donors (Lipinski definition) is 1. The van der Waals surface area contributed by atoms with Crippen molar-refractivity contribution in [1.82, 2.24) is 19.9 Å². The fourth-order valence-electron chi connectivity index (χ4n) is 2.70. The molecule has 0 aliphatic carbocycles. The Labute approximate surface area is 163 Å². The van der Waals surface area contributed by atoms with E-state index in [2.05, 4.69) is 15.3 Å². The molecular weight excluding hydrogens is 383 g/mol. The van der Waals surface area contributed by atoms with Crippen LogP contribution in [0.25, 0.3) is 9.88 Å². The molecule has 4 aromatic rings. The molecular formula is C19H15FN4OS2. The van der Waals surface area contributed by atoms with E-state index in [4.69, 9.17) is 0 Å². The third-order valence-electron chi connectivity index (χ3n) is 4.06. The van der Waals surface area contributed by atoms with Crippen LogP contribution in [0.2, 0.25) is 0 Å². The first-order valence-electron chi connectivity index (χ1n) is 8.15. The molecule has 0 radical (unpaired) electrons. The van der Waals surface area contributed by atoms with Crippen LogP contribution >= 0.6 is 22.7 Å². The Bertz CT molecular complexity index is 1050. The maximum Gasteiger partial charge on any atom is 0.271 e. The Kier molecular flexibility index (Phi) is 4.83. The number of halogens is 1. The second-order valence-electron chi connectivity index (χ2n) is 5.87. The van der Waals surface area contributed by atoms with Crippen LogP contribution in [-0.4, -0.2) is 20.4 Å². The molecule has 8 heteroatoms. The molecule has 0 saturated carbocycles. The lowest BCUT2D eigenvalue weighted by molar-refractivity contribution is 0.0937. The summed E-state index contributed by atoms with van der Waals surface area (Å²) in [5, 5.41) is 7.50. The van der Waals surface area contributed by atoms with Crippen molar-refractivity contribution >= 4 is 28.6 Å². The highest BCUT2D eigenvalue weighted by molar-refractivity contribution is 7.20. The second-order valence-corrected chi connectivity index (χ2v) is 7.68. The molecule has 0 aliphatic rings. The van der Waals surface area contributed by atoms with Crippen LogP contribution in [-0.2, 0) is 7.05 Å². The lowest BCUT2D eigenvalue weighted by atomic mass is 10.1. The highest BCUT2D eigenvalue weighted by Gasteiger charge is 2.23. The number of nitrogens with one attached hydrogen (secondary N) is 1. The zero-order chi connectivity index (χ0) is 18.8. The van der Waals surface area contributed by atoms with Gasteiger partial charge in [0.25, 0.3) is 5.91 Å². The number of rotatable bonds is 5. The van der Waals surface area contributed by atoms with Gasteiger partial charge < -0.3 is 9.88 Å². The summed E-state index contributed by atoms with van der Waals surface area (Å²) in [6.07, 6.45) is 3.46. The third-order valence-corrected chi connectivity index (χ3v) is 5.95. The molecule has 0 bridgehead atoms. The number of aryl methyl sites for hydroxylation is 1. The van der Waals surface area contributed by atoms with E-state index in [1.807, 2.05) is 29.1 Å². The number of imidazole rings is 1. The number of benzene rings is 1. The number of thiophene rings is 1. The Morgan fingerprint density at radius 2 is 2.04 bits per heavy atom. The van der Waals surface area contributed by atoms with Crippen molar-refractivity contribution in [2.45, 2.75) is 6.04 Å². The van der Waals surface area contributed by atoms with Gasteiger partial charge in [0.15, 0.2) is 0 Å². The minimum absolute atomic E-state index is 0.300. The quantitative estimate of drug-likeness (QED) is 0.546. The van der Waals surface area contributed by atoms with Gasteiger partial charge in [-0.1, -0.05) is 18.2 Å². The average Bonchev–Trinajstić information content (AvgIpc) is 3.41. The summed E-state index contributed by atoms with van der Waals surface area (Å²) in [6, 6.07) is 9.45. The smallest absolute Gasteiger partial charge is 0.271 e. The van der Waals surface area contributed by atoms with Crippen LogP contribution in [0.3, 0.4) is 0 Å². The maximum absolute atomic E-state index is 13.3. The summed E-state index contributed by atoms with van der Waals surface area (Å²) >= 11 is 3.01. The molecule has 0 fully saturated rings. The first kappa shape index (κ1) is 17.6. The molecule has 3 heterocycles. The molecule has 1 atom stereocenters. The van der Waals surface area contributed by atoms with Crippen LogP contribution in [0.1, 0.15) is 27.9 Å². The zero-order valence-corrected chi connectivity index (χ0v) is 15.9. The topological polar surface area (TPSA) is 59.8 Å². The predicted molar refractivity (Wildman–Crippen MR) is 104 cm³/mol. The minimum atomic E-state index is -0.509. The average molecular weight is 398 g/mol. The molecule has 1 amide bonds. The standard InChI is InChI=1S/C19H15FN4OS2/c1-24-9-8-21-17(24)16(12-4-6-13(20)7-5-12)23-18(25)14-11-27-19(22-14)15-3-2-10-26-15/h2-11,16H,1H3,(H,23,25). The van der Waals surface area contributed by atoms with E-state index in [-0.39, 0.29) is 11.7 Å². The Morgan fingerprint density at radius 1 is 1.22 bits per heavy atom. The van der Waals surface area contributed by atoms with E-state index in [0.717, 1.165) is 15.4 Å². The van der Waals surface area contributed by atoms with Crippen LogP contribution in [0.4, 0.5) is 4.39 Å². The molecule has 4 rings (SSSR count). The van der Waals surface area contributed by atoms with E-state index in [0.29, 0.717) is 11.5 Å². The molecule has 136 valence electrons. The zero-order valence-electron chi connectivity index (χ0n) is 14.3. The fraction of sp³-hybridized carbons (Fsp3) is 0.105. The molecule has 3 aromatic heterocycles. The molecule has 0 spiro atoms. The Morgan fingerprint density at radius 3 is 2.70 bits per heavy atom. The summed E-state index contributed by atoms with van der Waals surface area (Å²) in [6.45, 7) is 0. The van der Waals surface area contributed by atoms with Gasteiger partial charge >= 0.3 is 0 Å². The molecule has 27 heavy (non-hydrogen) atoms. The van der Waals surface area contributed by atoms with Gasteiger partial charge in [-0.15, -0.1) is 22.7 Å². The van der Waals surface area contributed by atoms with Gasteiger partial charge in [0.05, 0.1) is 4.88 Å². The van der Waals surface area contributed by atoms with Crippen LogP contribution in [0.15, 0.2) is 59.6 Å². The van der Waals surface area contributed by atoms with E-state index in [1.54, 1.807) is 41.2 Å². The molecule has 1 aromatic carbocycles. The number of carbonyl (C=O) groups is 1. The van der Waals surface area contributed by atoms with Crippen LogP contribution < -0.4 is 5.32 Å². The van der Waals surface area contributed by atoms with Gasteiger partial charge in [0.2, 0.25) is 0 Å². The minimum Gasteiger partial charge on any atom is -0.337 e. The largest absolute Gasteiger partial charge is 0.337 e. The number of amides is 1. The number of nitrogens with zero attached hydrogens (tertiary/aromatic N) is 3. The Balaban J connectivity index is 1.62. The van der Waals surface area contributed by atoms with Gasteiger partial charge in [0.1, 0.15) is 28.4 Å². The molecule has 1 N–H and O–H groups in total. The number of thiazole rings is 1. The first-order chi connectivity index (χ1) is 13.1. The lowest BCUT2D eigenvalue weighted by Gasteiger charge is -2.18. The lowest BCUT2D eigenvalue weighted by Crippen LogP contribution is -2.31. The molecule has 1 unspecified atom stereocenters. The van der Waals surface area contributed by atoms with E-state index < -0.39 is 6.04 Å². The normalized spacial score (nSPS) is 12.1. The number of aromatic nitrogens is 3. The summed E-state index contributed by atoms with van der Waals surface area (Å²) < 4.78 is 15.1. The van der Waals surface area contributed by atoms with E-state index in [9.17, 15) is 9.18 Å². The summed E-state index contributed by atoms with van der Waals surface area (Å²) in [5.41, 5.74) is 1.09. The summed E-state index contributed by atoms with van der Waals surface area (Å²) in [4.78, 5) is 22.6. The van der Waals surface area contributed by atoms with Crippen molar-refractivity contribution in [2.24, 2.45) is 7.05 Å². The van der Waals surface area contributed by atoms with Gasteiger partial charge in [-0.3, -0.25) is 4.79 Å². The van der Waals surface area contributed by atoms with Crippen molar-refractivity contribution in [3.63, 3.8) is 0 Å². The molecule has 0 saturated heterocycles. The van der Waals surface area contributed by atoms with E-state index in [1.165, 1.54) is 23.5 Å². The van der Waals surface area contributed by atoms with Crippen LogP contribution in [0, 0.1) is 5.82 Å². The monoisotopic (exact) mass is 398 g/mol. The van der Waals surface area contributed by atoms with Crippen molar-refractivity contribution < 1.29 is 9.18 Å². The highest BCUT2D eigenvalue weighted by atomic mass is 32.1. The molecule has 5 nitrogen and oxygen atoms in total. The van der Waals surface area contributed by atoms with Crippen molar-refractivity contribution in [3.05, 3.63) is 82.5 Å². The number of hydrogen-bond acceptors (Lipinski definition) is 5. The third kappa shape index (κ3) is 3.67. The maximum atomic E-state index is 13.3. The van der Waals surface area contributed by atoms with Gasteiger partial charge in [0, 0.05) is 24.8 Å². The highest BCUT2D eigenvalue weighted by Crippen LogP contribution is 2.28.